The number of rotatable bonds is 4. The molecule has 1 fully saturated rings. The van der Waals surface area contributed by atoms with Crippen LogP contribution in [0.3, 0.4) is 0 Å². The summed E-state index contributed by atoms with van der Waals surface area (Å²) in [6.45, 7) is 6.23. The molecule has 1 aromatic heterocycles. The number of nitrogens with one attached hydrogen (secondary N) is 1. The molecule has 0 atom stereocenters. The summed E-state index contributed by atoms with van der Waals surface area (Å²) in [7, 11) is -3.64. The number of para-hydroxylation sites is 1. The molecule has 1 aliphatic heterocycles. The molecule has 1 aliphatic rings. The fourth-order valence-electron chi connectivity index (χ4n) is 2.89. The van der Waals surface area contributed by atoms with E-state index in [0.29, 0.717) is 16.1 Å². The van der Waals surface area contributed by atoms with Gasteiger partial charge in [-0.2, -0.15) is 0 Å². The lowest BCUT2D eigenvalue weighted by molar-refractivity contribution is 0.280. The Morgan fingerprint density at radius 3 is 2.48 bits per heavy atom. The summed E-state index contributed by atoms with van der Waals surface area (Å²) < 4.78 is 29.1. The molecule has 0 spiro atoms. The molecule has 4 nitrogen and oxygen atoms in total. The summed E-state index contributed by atoms with van der Waals surface area (Å²) in [5, 5.41) is 0.562. The summed E-state index contributed by atoms with van der Waals surface area (Å²) >= 11 is 10.9. The minimum absolute atomic E-state index is 0.269. The third-order valence-electron chi connectivity index (χ3n) is 4.48. The Labute approximate surface area is 166 Å². The zero-order valence-electron chi connectivity index (χ0n) is 14.1. The molecule has 25 heavy (non-hydrogen) atoms. The lowest BCUT2D eigenvalue weighted by atomic mass is 9.82. The highest BCUT2D eigenvalue weighted by Gasteiger charge is 2.28. The molecule has 2 heterocycles. The second kappa shape index (κ2) is 7.10. The van der Waals surface area contributed by atoms with Crippen molar-refractivity contribution >= 4 is 60.3 Å². The van der Waals surface area contributed by atoms with E-state index < -0.39 is 10.0 Å². The van der Waals surface area contributed by atoms with Gasteiger partial charge in [-0.05, 0) is 58.5 Å². The van der Waals surface area contributed by atoms with Gasteiger partial charge < -0.3 is 4.90 Å². The molecule has 1 N–H and O–H groups in total. The first-order chi connectivity index (χ1) is 11.7. The highest BCUT2D eigenvalue weighted by molar-refractivity contribution is 9.11. The van der Waals surface area contributed by atoms with Gasteiger partial charge in [-0.3, -0.25) is 4.72 Å². The Kier molecular flexibility index (Phi) is 5.40. The van der Waals surface area contributed by atoms with Crippen LogP contribution in [0.15, 0.2) is 38.3 Å². The lowest BCUT2D eigenvalue weighted by Gasteiger charge is -2.39. The van der Waals surface area contributed by atoms with Crippen molar-refractivity contribution in [3.05, 3.63) is 39.1 Å². The van der Waals surface area contributed by atoms with Gasteiger partial charge in [-0.1, -0.05) is 31.5 Å². The number of piperidine rings is 1. The molecular weight excluding hydrogens is 444 g/mol. The molecule has 0 amide bonds. The maximum atomic E-state index is 12.7. The molecule has 0 unspecified atom stereocenters. The predicted octanol–water partition coefficient (Wildman–Crippen LogP) is 5.59. The van der Waals surface area contributed by atoms with Gasteiger partial charge in [0, 0.05) is 13.1 Å². The molecule has 2 aromatic rings. The first-order valence-electron chi connectivity index (χ1n) is 8.00. The van der Waals surface area contributed by atoms with E-state index in [2.05, 4.69) is 39.4 Å². The van der Waals surface area contributed by atoms with Gasteiger partial charge in [-0.15, -0.1) is 11.3 Å². The van der Waals surface area contributed by atoms with E-state index in [1.165, 1.54) is 11.3 Å². The van der Waals surface area contributed by atoms with Crippen LogP contribution in [0, 0.1) is 5.41 Å². The number of hydrogen-bond donors (Lipinski definition) is 1. The third kappa shape index (κ3) is 4.32. The fraction of sp³-hybridized carbons (Fsp3) is 0.412. The second-order valence-corrected chi connectivity index (χ2v) is 11.7. The minimum Gasteiger partial charge on any atom is -0.369 e. The molecule has 136 valence electrons. The topological polar surface area (TPSA) is 49.4 Å². The first-order valence-corrected chi connectivity index (χ1v) is 11.5. The van der Waals surface area contributed by atoms with Crippen molar-refractivity contribution in [1.82, 2.24) is 0 Å². The van der Waals surface area contributed by atoms with Crippen molar-refractivity contribution in [3.8, 4) is 0 Å². The van der Waals surface area contributed by atoms with Crippen LogP contribution in [0.25, 0.3) is 0 Å². The molecule has 8 heteroatoms. The zero-order chi connectivity index (χ0) is 18.2. The van der Waals surface area contributed by atoms with Crippen LogP contribution in [0.2, 0.25) is 5.02 Å². The van der Waals surface area contributed by atoms with E-state index in [1.807, 2.05) is 0 Å². The average Bonchev–Trinajstić information content (AvgIpc) is 2.96. The van der Waals surface area contributed by atoms with E-state index in [9.17, 15) is 8.42 Å². The van der Waals surface area contributed by atoms with E-state index in [-0.39, 0.29) is 4.21 Å². The summed E-state index contributed by atoms with van der Waals surface area (Å²) in [5.41, 5.74) is 1.59. The Bertz CT molecular complexity index is 871. The van der Waals surface area contributed by atoms with Gasteiger partial charge in [0.15, 0.2) is 0 Å². The molecule has 0 saturated carbocycles. The Balaban J connectivity index is 1.91. The van der Waals surface area contributed by atoms with Crippen molar-refractivity contribution in [1.29, 1.82) is 0 Å². The van der Waals surface area contributed by atoms with E-state index in [1.54, 1.807) is 30.3 Å². The van der Waals surface area contributed by atoms with Crippen LogP contribution in [0.4, 0.5) is 11.4 Å². The zero-order valence-corrected chi connectivity index (χ0v) is 18.0. The Morgan fingerprint density at radius 2 is 1.88 bits per heavy atom. The number of anilines is 2. The van der Waals surface area contributed by atoms with E-state index in [4.69, 9.17) is 11.6 Å². The summed E-state index contributed by atoms with van der Waals surface area (Å²) in [4.78, 5) is 2.18. The van der Waals surface area contributed by atoms with Gasteiger partial charge in [0.25, 0.3) is 10.0 Å². The fourth-order valence-corrected chi connectivity index (χ4v) is 6.26. The molecular formula is C17H20BrClN2O2S2. The molecule has 0 aliphatic carbocycles. The van der Waals surface area contributed by atoms with Gasteiger partial charge in [0.2, 0.25) is 0 Å². The molecule has 0 bridgehead atoms. The maximum absolute atomic E-state index is 12.7. The monoisotopic (exact) mass is 462 g/mol. The number of benzene rings is 1. The molecule has 1 saturated heterocycles. The maximum Gasteiger partial charge on any atom is 0.271 e. The molecule has 3 rings (SSSR count). The molecule has 0 radical (unpaired) electrons. The van der Waals surface area contributed by atoms with E-state index >= 15 is 0 Å². The molecule has 1 aromatic carbocycles. The summed E-state index contributed by atoms with van der Waals surface area (Å²) in [5.74, 6) is 0. The lowest BCUT2D eigenvalue weighted by Crippen LogP contribution is -2.38. The van der Waals surface area contributed by atoms with Gasteiger partial charge in [-0.25, -0.2) is 8.42 Å². The van der Waals surface area contributed by atoms with Gasteiger partial charge >= 0.3 is 0 Å². The predicted molar refractivity (Wildman–Crippen MR) is 110 cm³/mol. The number of halogens is 2. The summed E-state index contributed by atoms with van der Waals surface area (Å²) in [6.07, 6.45) is 2.09. The van der Waals surface area contributed by atoms with Gasteiger partial charge in [0.05, 0.1) is 20.2 Å². The van der Waals surface area contributed by atoms with Crippen LogP contribution in [0.1, 0.15) is 26.7 Å². The Hall–Kier alpha value is -0.760. The highest BCUT2D eigenvalue weighted by Crippen LogP contribution is 2.40. The van der Waals surface area contributed by atoms with Crippen molar-refractivity contribution in [3.63, 3.8) is 0 Å². The normalized spacial score (nSPS) is 17.5. The first kappa shape index (κ1) is 19.0. The number of sulfonamides is 1. The number of nitrogens with zero attached hydrogens (tertiary/aromatic N) is 1. The van der Waals surface area contributed by atoms with Crippen molar-refractivity contribution in [2.75, 3.05) is 22.7 Å². The van der Waals surface area contributed by atoms with Crippen LogP contribution in [0.5, 0.6) is 0 Å². The SMILES string of the molecule is CC1(C)CCN(c2c(Cl)cccc2NS(=O)(=O)c2ccc(Br)s2)CC1. The standard InChI is InChI=1S/C17H20BrClN2O2S2/c1-17(2)8-10-21(11-9-17)16-12(19)4-3-5-13(16)20-25(22,23)15-7-6-14(18)24-15/h3-7,20H,8-11H2,1-2H3. The number of thiophene rings is 1. The number of hydrogen-bond acceptors (Lipinski definition) is 4. The van der Waals surface area contributed by atoms with Crippen LogP contribution in [-0.2, 0) is 10.0 Å². The second-order valence-electron chi connectivity index (χ2n) is 6.95. The van der Waals surface area contributed by atoms with E-state index in [0.717, 1.165) is 35.4 Å². The van der Waals surface area contributed by atoms with Crippen LogP contribution in [-0.4, -0.2) is 21.5 Å². The quantitative estimate of drug-likeness (QED) is 0.643. The average molecular weight is 464 g/mol. The smallest absolute Gasteiger partial charge is 0.271 e. The van der Waals surface area contributed by atoms with Gasteiger partial charge in [0.1, 0.15) is 4.21 Å². The highest BCUT2D eigenvalue weighted by atomic mass is 79.9. The Morgan fingerprint density at radius 1 is 1.20 bits per heavy atom. The van der Waals surface area contributed by atoms with Crippen molar-refractivity contribution < 1.29 is 8.42 Å². The van der Waals surface area contributed by atoms with Crippen molar-refractivity contribution in [2.24, 2.45) is 5.41 Å². The summed E-state index contributed by atoms with van der Waals surface area (Å²) in [6, 6.07) is 8.65. The minimum atomic E-state index is -3.64. The third-order valence-corrected chi connectivity index (χ3v) is 8.26. The largest absolute Gasteiger partial charge is 0.369 e. The van der Waals surface area contributed by atoms with Crippen molar-refractivity contribution in [2.45, 2.75) is 30.9 Å². The van der Waals surface area contributed by atoms with Crippen LogP contribution < -0.4 is 9.62 Å². The van der Waals surface area contributed by atoms with Crippen LogP contribution >= 0.6 is 38.9 Å².